The third kappa shape index (κ3) is 4.25. The fourth-order valence-electron chi connectivity index (χ4n) is 2.63. The molecule has 0 aliphatic carbocycles. The number of hydrogen-bond acceptors (Lipinski definition) is 6. The molecule has 0 radical (unpaired) electrons. The zero-order valence-corrected chi connectivity index (χ0v) is 15.7. The maximum absolute atomic E-state index is 12.6. The number of rotatable bonds is 6. The summed E-state index contributed by atoms with van der Waals surface area (Å²) in [6.07, 6.45) is 0.889. The van der Waals surface area contributed by atoms with Crippen molar-refractivity contribution in [3.8, 4) is 0 Å². The van der Waals surface area contributed by atoms with Crippen LogP contribution in [0.3, 0.4) is 0 Å². The Balaban J connectivity index is 1.72. The third-order valence-corrected chi connectivity index (χ3v) is 6.16. The van der Waals surface area contributed by atoms with Gasteiger partial charge in [-0.3, -0.25) is 14.3 Å². The van der Waals surface area contributed by atoms with Gasteiger partial charge in [-0.05, 0) is 48.4 Å². The SMILES string of the molecule is CC(=O)SCC(=O)c1ccc(NS(=O)(=O)c2ccc3c(c2)NCC3)cc1. The zero-order valence-electron chi connectivity index (χ0n) is 14.1. The molecule has 3 rings (SSSR count). The van der Waals surface area contributed by atoms with Gasteiger partial charge >= 0.3 is 0 Å². The first-order valence-electron chi connectivity index (χ1n) is 8.01. The summed E-state index contributed by atoms with van der Waals surface area (Å²) in [7, 11) is -3.71. The minimum absolute atomic E-state index is 0.0720. The van der Waals surface area contributed by atoms with E-state index in [0.29, 0.717) is 11.3 Å². The number of carbonyl (C=O) groups is 2. The number of anilines is 2. The van der Waals surface area contributed by atoms with Crippen LogP contribution in [-0.2, 0) is 21.2 Å². The highest BCUT2D eigenvalue weighted by molar-refractivity contribution is 8.14. The molecule has 0 unspecified atom stereocenters. The van der Waals surface area contributed by atoms with E-state index in [-0.39, 0.29) is 21.5 Å². The first kappa shape index (κ1) is 18.5. The normalized spacial score (nSPS) is 13.0. The number of sulfonamides is 1. The quantitative estimate of drug-likeness (QED) is 0.737. The van der Waals surface area contributed by atoms with Crippen molar-refractivity contribution in [3.05, 3.63) is 53.6 Å². The molecule has 0 aromatic heterocycles. The topological polar surface area (TPSA) is 92.3 Å². The van der Waals surface area contributed by atoms with Gasteiger partial charge in [-0.1, -0.05) is 17.8 Å². The average molecular weight is 390 g/mol. The van der Waals surface area contributed by atoms with Crippen molar-refractivity contribution in [1.29, 1.82) is 0 Å². The first-order chi connectivity index (χ1) is 12.3. The van der Waals surface area contributed by atoms with Gasteiger partial charge in [-0.2, -0.15) is 0 Å². The highest BCUT2D eigenvalue weighted by atomic mass is 32.2. The van der Waals surface area contributed by atoms with Crippen molar-refractivity contribution in [1.82, 2.24) is 0 Å². The molecule has 0 saturated carbocycles. The second kappa shape index (κ2) is 7.51. The van der Waals surface area contributed by atoms with Crippen LogP contribution in [0.2, 0.25) is 0 Å². The number of benzene rings is 2. The van der Waals surface area contributed by atoms with Gasteiger partial charge in [0.15, 0.2) is 10.9 Å². The Labute approximate surface area is 156 Å². The minimum atomic E-state index is -3.71. The lowest BCUT2D eigenvalue weighted by molar-refractivity contribution is -0.109. The molecule has 6 nitrogen and oxygen atoms in total. The predicted octanol–water partition coefficient (Wildman–Crippen LogP) is 2.92. The van der Waals surface area contributed by atoms with E-state index in [1.54, 1.807) is 24.3 Å². The summed E-state index contributed by atoms with van der Waals surface area (Å²) in [6.45, 7) is 2.22. The Kier molecular flexibility index (Phi) is 5.33. The monoisotopic (exact) mass is 390 g/mol. The Morgan fingerprint density at radius 3 is 2.58 bits per heavy atom. The largest absolute Gasteiger partial charge is 0.384 e. The molecule has 1 aliphatic rings. The molecule has 136 valence electrons. The lowest BCUT2D eigenvalue weighted by atomic mass is 10.1. The maximum atomic E-state index is 12.6. The van der Waals surface area contributed by atoms with Gasteiger partial charge in [0, 0.05) is 30.4 Å². The molecule has 0 atom stereocenters. The van der Waals surface area contributed by atoms with Crippen molar-refractivity contribution in [2.24, 2.45) is 0 Å². The number of Topliss-reactive ketones (excluding diaryl/α,β-unsaturated/α-hetero) is 1. The van der Waals surface area contributed by atoms with Crippen LogP contribution in [0, 0.1) is 0 Å². The fourth-order valence-corrected chi connectivity index (χ4v) is 4.21. The minimum Gasteiger partial charge on any atom is -0.384 e. The van der Waals surface area contributed by atoms with E-state index in [4.69, 9.17) is 0 Å². The average Bonchev–Trinajstić information content (AvgIpc) is 3.07. The lowest BCUT2D eigenvalue weighted by Crippen LogP contribution is -2.13. The smallest absolute Gasteiger partial charge is 0.261 e. The Hall–Kier alpha value is -2.32. The number of carbonyl (C=O) groups excluding carboxylic acids is 2. The van der Waals surface area contributed by atoms with Crippen LogP contribution in [0.5, 0.6) is 0 Å². The molecule has 0 amide bonds. The van der Waals surface area contributed by atoms with Gasteiger partial charge in [0.1, 0.15) is 0 Å². The summed E-state index contributed by atoms with van der Waals surface area (Å²) >= 11 is 0.949. The number of ketones is 1. The van der Waals surface area contributed by atoms with Crippen molar-refractivity contribution in [2.75, 3.05) is 22.3 Å². The molecule has 1 heterocycles. The number of fused-ring (bicyclic) bond motifs is 1. The van der Waals surface area contributed by atoms with Crippen LogP contribution in [0.25, 0.3) is 0 Å². The summed E-state index contributed by atoms with van der Waals surface area (Å²) in [5.41, 5.74) is 2.75. The summed E-state index contributed by atoms with van der Waals surface area (Å²) < 4.78 is 27.6. The molecular formula is C18H18N2O4S2. The first-order valence-corrected chi connectivity index (χ1v) is 10.5. The summed E-state index contributed by atoms with van der Waals surface area (Å²) in [4.78, 5) is 23.1. The zero-order chi connectivity index (χ0) is 18.7. The molecule has 0 saturated heterocycles. The highest BCUT2D eigenvalue weighted by Gasteiger charge is 2.18. The van der Waals surface area contributed by atoms with E-state index in [9.17, 15) is 18.0 Å². The second-order valence-corrected chi connectivity index (χ2v) is 8.72. The molecule has 0 fully saturated rings. The number of thioether (sulfide) groups is 1. The molecule has 0 bridgehead atoms. The summed E-state index contributed by atoms with van der Waals surface area (Å²) in [5.74, 6) is -0.105. The predicted molar refractivity (Wildman–Crippen MR) is 103 cm³/mol. The standard InChI is InChI=1S/C18H18N2O4S2/c1-12(21)25-11-18(22)14-2-5-15(6-3-14)20-26(23,24)16-7-4-13-8-9-19-17(13)10-16/h2-7,10,19-20H,8-9,11H2,1H3. The van der Waals surface area contributed by atoms with E-state index >= 15 is 0 Å². The van der Waals surface area contributed by atoms with E-state index < -0.39 is 10.0 Å². The van der Waals surface area contributed by atoms with Crippen LogP contribution < -0.4 is 10.0 Å². The van der Waals surface area contributed by atoms with E-state index in [2.05, 4.69) is 10.0 Å². The van der Waals surface area contributed by atoms with Crippen LogP contribution in [0.1, 0.15) is 22.8 Å². The van der Waals surface area contributed by atoms with Crippen molar-refractivity contribution in [2.45, 2.75) is 18.2 Å². The van der Waals surface area contributed by atoms with Gasteiger partial charge in [0.05, 0.1) is 10.6 Å². The molecule has 2 N–H and O–H groups in total. The van der Waals surface area contributed by atoms with E-state index in [0.717, 1.165) is 36.0 Å². The Morgan fingerprint density at radius 2 is 1.88 bits per heavy atom. The summed E-state index contributed by atoms with van der Waals surface area (Å²) in [5, 5.41) is 3.04. The molecular weight excluding hydrogens is 372 g/mol. The van der Waals surface area contributed by atoms with Crippen molar-refractivity contribution in [3.63, 3.8) is 0 Å². The second-order valence-electron chi connectivity index (χ2n) is 5.88. The van der Waals surface area contributed by atoms with E-state index in [1.807, 2.05) is 6.07 Å². The van der Waals surface area contributed by atoms with E-state index in [1.165, 1.54) is 19.1 Å². The Bertz CT molecular complexity index is 954. The van der Waals surface area contributed by atoms with Crippen LogP contribution in [-0.4, -0.2) is 31.6 Å². The van der Waals surface area contributed by atoms with Gasteiger partial charge in [-0.25, -0.2) is 8.42 Å². The van der Waals surface area contributed by atoms with Crippen LogP contribution in [0.15, 0.2) is 47.4 Å². The molecule has 2 aromatic rings. The van der Waals surface area contributed by atoms with Gasteiger partial charge in [0.25, 0.3) is 10.0 Å². The van der Waals surface area contributed by atoms with Gasteiger partial charge in [0.2, 0.25) is 0 Å². The number of hydrogen-bond donors (Lipinski definition) is 2. The summed E-state index contributed by atoms with van der Waals surface area (Å²) in [6, 6.07) is 11.2. The Morgan fingerprint density at radius 1 is 1.15 bits per heavy atom. The van der Waals surface area contributed by atoms with Crippen molar-refractivity contribution >= 4 is 44.1 Å². The third-order valence-electron chi connectivity index (χ3n) is 3.97. The van der Waals surface area contributed by atoms with Crippen LogP contribution >= 0.6 is 11.8 Å². The molecule has 26 heavy (non-hydrogen) atoms. The van der Waals surface area contributed by atoms with Crippen molar-refractivity contribution < 1.29 is 18.0 Å². The highest BCUT2D eigenvalue weighted by Crippen LogP contribution is 2.26. The number of nitrogens with one attached hydrogen (secondary N) is 2. The molecule has 0 spiro atoms. The lowest BCUT2D eigenvalue weighted by Gasteiger charge is -2.10. The molecule has 2 aromatic carbocycles. The van der Waals surface area contributed by atoms with Crippen LogP contribution in [0.4, 0.5) is 11.4 Å². The molecule has 8 heteroatoms. The fraction of sp³-hybridized carbons (Fsp3) is 0.222. The maximum Gasteiger partial charge on any atom is 0.261 e. The molecule has 1 aliphatic heterocycles. The van der Waals surface area contributed by atoms with Gasteiger partial charge < -0.3 is 5.32 Å². The van der Waals surface area contributed by atoms with Gasteiger partial charge in [-0.15, -0.1) is 0 Å².